The summed E-state index contributed by atoms with van der Waals surface area (Å²) in [4.78, 5) is 21.6. The van der Waals surface area contributed by atoms with Crippen molar-refractivity contribution in [2.45, 2.75) is 19.4 Å². The van der Waals surface area contributed by atoms with E-state index in [4.69, 9.17) is 0 Å². The summed E-state index contributed by atoms with van der Waals surface area (Å²) in [5.74, 6) is 0.182. The molecule has 0 aliphatic carbocycles. The van der Waals surface area contributed by atoms with E-state index in [1.807, 2.05) is 29.3 Å². The van der Waals surface area contributed by atoms with E-state index in [9.17, 15) is 4.79 Å². The maximum Gasteiger partial charge on any atom is 0.254 e. The van der Waals surface area contributed by atoms with Crippen LogP contribution in [-0.4, -0.2) is 53.4 Å². The van der Waals surface area contributed by atoms with Crippen LogP contribution >= 0.6 is 12.4 Å². The van der Waals surface area contributed by atoms with Crippen molar-refractivity contribution in [1.29, 1.82) is 0 Å². The van der Waals surface area contributed by atoms with Crippen molar-refractivity contribution in [3.05, 3.63) is 59.4 Å². The second-order valence-corrected chi connectivity index (χ2v) is 6.79. The average molecular weight is 373 g/mol. The molecule has 6 heteroatoms. The minimum Gasteiger partial charge on any atom is -0.385 e. The minimum atomic E-state index is 0. The Kier molecular flexibility index (Phi) is 6.12. The van der Waals surface area contributed by atoms with E-state index in [-0.39, 0.29) is 18.3 Å². The molecule has 0 unspecified atom stereocenters. The number of fused-ring (bicyclic) bond motifs is 1. The molecule has 1 N–H and O–H groups in total. The molecule has 0 spiro atoms. The lowest BCUT2D eigenvalue weighted by Crippen LogP contribution is -2.48. The lowest BCUT2D eigenvalue weighted by atomic mass is 9.96. The van der Waals surface area contributed by atoms with Gasteiger partial charge < -0.3 is 10.2 Å². The van der Waals surface area contributed by atoms with Gasteiger partial charge in [-0.2, -0.15) is 0 Å². The number of hydrogen-bond acceptors (Lipinski definition) is 4. The lowest BCUT2D eigenvalue weighted by molar-refractivity contribution is 0.0627. The van der Waals surface area contributed by atoms with Crippen LogP contribution in [0.1, 0.15) is 27.9 Å². The highest BCUT2D eigenvalue weighted by Gasteiger charge is 2.25. The zero-order valence-corrected chi connectivity index (χ0v) is 15.7. The molecule has 1 fully saturated rings. The molecule has 2 aromatic rings. The molecule has 2 aliphatic rings. The number of halogens is 1. The van der Waals surface area contributed by atoms with Crippen molar-refractivity contribution in [2.75, 3.05) is 38.0 Å². The topological polar surface area (TPSA) is 48.5 Å². The van der Waals surface area contributed by atoms with Gasteiger partial charge >= 0.3 is 0 Å². The van der Waals surface area contributed by atoms with Crippen LogP contribution < -0.4 is 5.32 Å². The molecule has 0 bridgehead atoms. The third kappa shape index (κ3) is 4.00. The zero-order chi connectivity index (χ0) is 17.1. The van der Waals surface area contributed by atoms with Crippen LogP contribution in [0.2, 0.25) is 0 Å². The Morgan fingerprint density at radius 3 is 2.73 bits per heavy atom. The predicted octanol–water partition coefficient (Wildman–Crippen LogP) is 2.82. The quantitative estimate of drug-likeness (QED) is 0.900. The van der Waals surface area contributed by atoms with E-state index in [1.54, 1.807) is 6.20 Å². The highest BCUT2D eigenvalue weighted by molar-refractivity contribution is 5.97. The number of nitrogens with zero attached hydrogens (tertiary/aromatic N) is 3. The molecular formula is C20H25ClN4O. The molecule has 26 heavy (non-hydrogen) atoms. The van der Waals surface area contributed by atoms with Crippen molar-refractivity contribution in [3.63, 3.8) is 0 Å². The summed E-state index contributed by atoms with van der Waals surface area (Å²) in [7, 11) is 0. The highest BCUT2D eigenvalue weighted by atomic mass is 35.5. The number of nitrogens with one attached hydrogen (secondary N) is 1. The largest absolute Gasteiger partial charge is 0.385 e. The Balaban J connectivity index is 0.00000196. The van der Waals surface area contributed by atoms with E-state index in [0.717, 1.165) is 63.4 Å². The number of aromatic nitrogens is 1. The molecule has 1 amide bonds. The van der Waals surface area contributed by atoms with Gasteiger partial charge in [0.25, 0.3) is 5.91 Å². The van der Waals surface area contributed by atoms with Gasteiger partial charge in [-0.15, -0.1) is 12.4 Å². The zero-order valence-electron chi connectivity index (χ0n) is 14.9. The van der Waals surface area contributed by atoms with E-state index >= 15 is 0 Å². The van der Waals surface area contributed by atoms with Gasteiger partial charge in [-0.25, -0.2) is 0 Å². The number of carbonyl (C=O) groups excluding carboxylic acids is 1. The number of amides is 1. The first kappa shape index (κ1) is 18.7. The lowest BCUT2D eigenvalue weighted by Gasteiger charge is -2.35. The van der Waals surface area contributed by atoms with Crippen LogP contribution in [0.3, 0.4) is 0 Å². The average Bonchev–Trinajstić information content (AvgIpc) is 2.68. The first-order valence-corrected chi connectivity index (χ1v) is 9.07. The number of anilines is 1. The summed E-state index contributed by atoms with van der Waals surface area (Å²) in [6.45, 7) is 5.30. The maximum atomic E-state index is 13.0. The van der Waals surface area contributed by atoms with Crippen molar-refractivity contribution in [2.24, 2.45) is 0 Å². The summed E-state index contributed by atoms with van der Waals surface area (Å²) in [5, 5.41) is 3.41. The molecule has 2 aliphatic heterocycles. The van der Waals surface area contributed by atoms with Crippen molar-refractivity contribution in [3.8, 4) is 0 Å². The summed E-state index contributed by atoms with van der Waals surface area (Å²) >= 11 is 0. The number of benzene rings is 1. The molecule has 1 saturated heterocycles. The number of rotatable bonds is 3. The van der Waals surface area contributed by atoms with Gasteiger partial charge in [-0.05, 0) is 42.2 Å². The Hall–Kier alpha value is -2.11. The third-order valence-electron chi connectivity index (χ3n) is 5.11. The van der Waals surface area contributed by atoms with Crippen molar-refractivity contribution < 1.29 is 4.79 Å². The number of carbonyl (C=O) groups is 1. The van der Waals surface area contributed by atoms with Gasteiger partial charge in [-0.1, -0.05) is 12.1 Å². The normalized spacial score (nSPS) is 17.0. The number of hydrogen-bond donors (Lipinski definition) is 1. The molecule has 0 saturated carbocycles. The van der Waals surface area contributed by atoms with Crippen LogP contribution in [0.15, 0.2) is 42.7 Å². The summed E-state index contributed by atoms with van der Waals surface area (Å²) < 4.78 is 0. The molecule has 0 atom stereocenters. The van der Waals surface area contributed by atoms with Crippen molar-refractivity contribution in [1.82, 2.24) is 14.8 Å². The second-order valence-electron chi connectivity index (χ2n) is 6.79. The van der Waals surface area contributed by atoms with Gasteiger partial charge in [0.05, 0.1) is 0 Å². The van der Waals surface area contributed by atoms with Gasteiger partial charge in [0, 0.05) is 62.9 Å². The van der Waals surface area contributed by atoms with Gasteiger partial charge in [-0.3, -0.25) is 14.7 Å². The van der Waals surface area contributed by atoms with E-state index < -0.39 is 0 Å². The van der Waals surface area contributed by atoms with Crippen LogP contribution in [-0.2, 0) is 13.0 Å². The van der Waals surface area contributed by atoms with Crippen LogP contribution in [0.5, 0.6) is 0 Å². The fraction of sp³-hybridized carbons (Fsp3) is 0.400. The molecular weight excluding hydrogens is 348 g/mol. The van der Waals surface area contributed by atoms with Gasteiger partial charge in [0.15, 0.2) is 0 Å². The SMILES string of the molecule is Cl.O=C(c1cccc2c1CCCN2)N1CCN(Cc2cccnc2)CC1. The van der Waals surface area contributed by atoms with Crippen LogP contribution in [0.4, 0.5) is 5.69 Å². The number of piperazine rings is 1. The molecule has 138 valence electrons. The molecule has 0 radical (unpaired) electrons. The highest BCUT2D eigenvalue weighted by Crippen LogP contribution is 2.26. The fourth-order valence-corrected chi connectivity index (χ4v) is 3.74. The summed E-state index contributed by atoms with van der Waals surface area (Å²) in [6.07, 6.45) is 5.80. The minimum absolute atomic E-state index is 0. The fourth-order valence-electron chi connectivity index (χ4n) is 3.74. The predicted molar refractivity (Wildman–Crippen MR) is 106 cm³/mol. The van der Waals surface area contributed by atoms with Crippen LogP contribution in [0, 0.1) is 0 Å². The van der Waals surface area contributed by atoms with Crippen molar-refractivity contribution >= 4 is 24.0 Å². The van der Waals surface area contributed by atoms with E-state index in [2.05, 4.69) is 27.3 Å². The van der Waals surface area contributed by atoms with Crippen LogP contribution in [0.25, 0.3) is 0 Å². The maximum absolute atomic E-state index is 13.0. The molecule has 5 nitrogen and oxygen atoms in total. The van der Waals surface area contributed by atoms with Gasteiger partial charge in [0.1, 0.15) is 0 Å². The standard InChI is InChI=1S/C20H24N4O.ClH/c25-20(18-5-1-7-19-17(18)6-3-9-22-19)24-12-10-23(11-13-24)15-16-4-2-8-21-14-16;/h1-2,4-5,7-8,14,22H,3,6,9-13,15H2;1H. The Morgan fingerprint density at radius 2 is 1.96 bits per heavy atom. The smallest absolute Gasteiger partial charge is 0.254 e. The molecule has 4 rings (SSSR count). The monoisotopic (exact) mass is 372 g/mol. The molecule has 1 aromatic carbocycles. The summed E-state index contributed by atoms with van der Waals surface area (Å²) in [5.41, 5.74) is 4.43. The summed E-state index contributed by atoms with van der Waals surface area (Å²) in [6, 6.07) is 10.1. The first-order chi connectivity index (χ1) is 12.3. The van der Waals surface area contributed by atoms with E-state index in [0.29, 0.717) is 0 Å². The molecule has 3 heterocycles. The Labute approximate surface area is 160 Å². The Bertz CT molecular complexity index is 745. The van der Waals surface area contributed by atoms with Gasteiger partial charge in [0.2, 0.25) is 0 Å². The first-order valence-electron chi connectivity index (χ1n) is 9.07. The second kappa shape index (κ2) is 8.52. The van der Waals surface area contributed by atoms with E-state index in [1.165, 1.54) is 11.1 Å². The Morgan fingerprint density at radius 1 is 1.12 bits per heavy atom. The number of pyridine rings is 1. The molecule has 1 aromatic heterocycles. The third-order valence-corrected chi connectivity index (χ3v) is 5.11.